The van der Waals surface area contributed by atoms with Crippen LogP contribution in [0.5, 0.6) is 0 Å². The van der Waals surface area contributed by atoms with Gasteiger partial charge in [0.1, 0.15) is 4.60 Å². The summed E-state index contributed by atoms with van der Waals surface area (Å²) in [5, 5.41) is 3.37. The molecule has 0 radical (unpaired) electrons. The van der Waals surface area contributed by atoms with Crippen LogP contribution in [-0.2, 0) is 6.54 Å². The molecule has 72 valence electrons. The number of rotatable bonds is 5. The molecule has 0 unspecified atom stereocenters. The highest BCUT2D eigenvalue weighted by atomic mass is 79.9. The molecular weight excluding hydrogens is 228 g/mol. The number of unbranched alkanes of at least 4 members (excludes halogenated alkanes) is 1. The first-order valence-corrected chi connectivity index (χ1v) is 5.44. The van der Waals surface area contributed by atoms with E-state index < -0.39 is 0 Å². The van der Waals surface area contributed by atoms with Gasteiger partial charge in [-0.3, -0.25) is 0 Å². The summed E-state index contributed by atoms with van der Waals surface area (Å²) in [6, 6.07) is 4.04. The van der Waals surface area contributed by atoms with Crippen LogP contribution in [0, 0.1) is 0 Å². The summed E-state index contributed by atoms with van der Waals surface area (Å²) in [4.78, 5) is 4.15. The van der Waals surface area contributed by atoms with Crippen molar-refractivity contribution in [2.45, 2.75) is 26.3 Å². The zero-order valence-corrected chi connectivity index (χ0v) is 9.47. The van der Waals surface area contributed by atoms with E-state index in [2.05, 4.69) is 39.2 Å². The molecule has 0 saturated heterocycles. The summed E-state index contributed by atoms with van der Waals surface area (Å²) in [5.41, 5.74) is 1.22. The van der Waals surface area contributed by atoms with Crippen molar-refractivity contribution in [1.29, 1.82) is 0 Å². The van der Waals surface area contributed by atoms with E-state index in [0.717, 1.165) is 17.7 Å². The molecule has 13 heavy (non-hydrogen) atoms. The molecule has 2 nitrogen and oxygen atoms in total. The number of nitrogens with zero attached hydrogens (tertiary/aromatic N) is 1. The van der Waals surface area contributed by atoms with Crippen molar-refractivity contribution in [3.63, 3.8) is 0 Å². The van der Waals surface area contributed by atoms with Crippen molar-refractivity contribution >= 4 is 15.9 Å². The van der Waals surface area contributed by atoms with Crippen LogP contribution < -0.4 is 5.32 Å². The maximum Gasteiger partial charge on any atom is 0.110 e. The van der Waals surface area contributed by atoms with Crippen molar-refractivity contribution in [2.75, 3.05) is 6.54 Å². The number of hydrogen-bond acceptors (Lipinski definition) is 2. The zero-order chi connectivity index (χ0) is 9.52. The quantitative estimate of drug-likeness (QED) is 0.635. The fraction of sp³-hybridized carbons (Fsp3) is 0.500. The molecule has 0 aliphatic rings. The maximum atomic E-state index is 4.15. The molecule has 0 saturated carbocycles. The molecule has 0 aromatic carbocycles. The maximum absolute atomic E-state index is 4.15. The first kappa shape index (κ1) is 10.7. The average Bonchev–Trinajstić information content (AvgIpc) is 2.15. The second-order valence-corrected chi connectivity index (χ2v) is 3.73. The van der Waals surface area contributed by atoms with Gasteiger partial charge in [-0.1, -0.05) is 19.4 Å². The Kier molecular flexibility index (Phi) is 5.01. The Morgan fingerprint density at radius 1 is 1.54 bits per heavy atom. The highest BCUT2D eigenvalue weighted by molar-refractivity contribution is 9.10. The number of pyridine rings is 1. The van der Waals surface area contributed by atoms with Crippen LogP contribution in [0.2, 0.25) is 0 Å². The molecular formula is C10H15BrN2. The number of hydrogen-bond donors (Lipinski definition) is 1. The topological polar surface area (TPSA) is 24.9 Å². The van der Waals surface area contributed by atoms with Crippen molar-refractivity contribution in [3.05, 3.63) is 28.5 Å². The Bertz CT molecular complexity index is 250. The second kappa shape index (κ2) is 6.11. The molecule has 0 spiro atoms. The van der Waals surface area contributed by atoms with Crippen molar-refractivity contribution in [3.8, 4) is 0 Å². The Labute approximate surface area is 87.9 Å². The lowest BCUT2D eigenvalue weighted by Gasteiger charge is -2.04. The summed E-state index contributed by atoms with van der Waals surface area (Å²) in [6.07, 6.45) is 4.26. The zero-order valence-electron chi connectivity index (χ0n) is 7.89. The number of nitrogens with one attached hydrogen (secondary N) is 1. The monoisotopic (exact) mass is 242 g/mol. The highest BCUT2D eigenvalue weighted by Crippen LogP contribution is 2.11. The molecule has 0 fully saturated rings. The van der Waals surface area contributed by atoms with Gasteiger partial charge in [0.05, 0.1) is 0 Å². The predicted molar refractivity (Wildman–Crippen MR) is 58.6 cm³/mol. The van der Waals surface area contributed by atoms with Crippen LogP contribution in [-0.4, -0.2) is 11.5 Å². The van der Waals surface area contributed by atoms with Crippen LogP contribution in [0.25, 0.3) is 0 Å². The van der Waals surface area contributed by atoms with E-state index >= 15 is 0 Å². The van der Waals surface area contributed by atoms with Crippen LogP contribution >= 0.6 is 15.9 Å². The van der Waals surface area contributed by atoms with Crippen LogP contribution in [0.15, 0.2) is 22.9 Å². The molecule has 0 amide bonds. The lowest BCUT2D eigenvalue weighted by atomic mass is 10.3. The fourth-order valence-electron chi connectivity index (χ4n) is 1.08. The number of halogens is 1. The first-order chi connectivity index (χ1) is 6.34. The van der Waals surface area contributed by atoms with Gasteiger partial charge in [0.25, 0.3) is 0 Å². The molecule has 1 aromatic rings. The molecule has 1 aromatic heterocycles. The van der Waals surface area contributed by atoms with Gasteiger partial charge in [-0.25, -0.2) is 4.98 Å². The Hall–Kier alpha value is -0.410. The third-order valence-corrected chi connectivity index (χ3v) is 2.57. The SMILES string of the molecule is CCCCNCc1cccnc1Br. The van der Waals surface area contributed by atoms with Gasteiger partial charge in [0.15, 0.2) is 0 Å². The summed E-state index contributed by atoms with van der Waals surface area (Å²) >= 11 is 3.41. The average molecular weight is 243 g/mol. The van der Waals surface area contributed by atoms with Crippen molar-refractivity contribution < 1.29 is 0 Å². The minimum atomic E-state index is 0.897. The molecule has 0 bridgehead atoms. The summed E-state index contributed by atoms with van der Waals surface area (Å²) in [5.74, 6) is 0. The van der Waals surface area contributed by atoms with E-state index in [4.69, 9.17) is 0 Å². The normalized spacial score (nSPS) is 10.3. The molecule has 3 heteroatoms. The molecule has 0 aliphatic heterocycles. The van der Waals surface area contributed by atoms with Crippen LogP contribution in [0.4, 0.5) is 0 Å². The van der Waals surface area contributed by atoms with Crippen LogP contribution in [0.3, 0.4) is 0 Å². The van der Waals surface area contributed by atoms with Crippen LogP contribution in [0.1, 0.15) is 25.3 Å². The smallest absolute Gasteiger partial charge is 0.110 e. The highest BCUT2D eigenvalue weighted by Gasteiger charge is 1.97. The van der Waals surface area contributed by atoms with Crippen molar-refractivity contribution in [1.82, 2.24) is 10.3 Å². The largest absolute Gasteiger partial charge is 0.313 e. The number of aromatic nitrogens is 1. The predicted octanol–water partition coefficient (Wildman–Crippen LogP) is 2.73. The molecule has 1 N–H and O–H groups in total. The Morgan fingerprint density at radius 3 is 3.08 bits per heavy atom. The minimum Gasteiger partial charge on any atom is -0.313 e. The molecule has 0 atom stereocenters. The van der Waals surface area contributed by atoms with Gasteiger partial charge in [0.2, 0.25) is 0 Å². The van der Waals surface area contributed by atoms with E-state index in [9.17, 15) is 0 Å². The lowest BCUT2D eigenvalue weighted by molar-refractivity contribution is 0.639. The lowest BCUT2D eigenvalue weighted by Crippen LogP contribution is -2.14. The first-order valence-electron chi connectivity index (χ1n) is 4.64. The Morgan fingerprint density at radius 2 is 2.38 bits per heavy atom. The molecule has 1 rings (SSSR count). The standard InChI is InChI=1S/C10H15BrN2/c1-2-3-6-12-8-9-5-4-7-13-10(9)11/h4-5,7,12H,2-3,6,8H2,1H3. The second-order valence-electron chi connectivity index (χ2n) is 2.98. The van der Waals surface area contributed by atoms with E-state index in [0.29, 0.717) is 0 Å². The van der Waals surface area contributed by atoms with Gasteiger partial charge in [-0.2, -0.15) is 0 Å². The van der Waals surface area contributed by atoms with E-state index in [1.54, 1.807) is 6.20 Å². The summed E-state index contributed by atoms with van der Waals surface area (Å²) < 4.78 is 0.944. The van der Waals surface area contributed by atoms with Gasteiger partial charge >= 0.3 is 0 Å². The van der Waals surface area contributed by atoms with E-state index in [1.807, 2.05) is 6.07 Å². The van der Waals surface area contributed by atoms with Gasteiger partial charge in [-0.15, -0.1) is 0 Å². The van der Waals surface area contributed by atoms with Gasteiger partial charge < -0.3 is 5.32 Å². The van der Waals surface area contributed by atoms with Crippen molar-refractivity contribution in [2.24, 2.45) is 0 Å². The third-order valence-electron chi connectivity index (χ3n) is 1.86. The summed E-state index contributed by atoms with van der Waals surface area (Å²) in [6.45, 7) is 4.17. The minimum absolute atomic E-state index is 0.897. The van der Waals surface area contributed by atoms with E-state index in [1.165, 1.54) is 18.4 Å². The van der Waals surface area contributed by atoms with Gasteiger partial charge in [-0.05, 0) is 40.5 Å². The summed E-state index contributed by atoms with van der Waals surface area (Å²) in [7, 11) is 0. The third kappa shape index (κ3) is 3.87. The molecule has 1 heterocycles. The Balaban J connectivity index is 2.32. The van der Waals surface area contributed by atoms with E-state index in [-0.39, 0.29) is 0 Å². The van der Waals surface area contributed by atoms with Gasteiger partial charge in [0, 0.05) is 12.7 Å². The molecule has 0 aliphatic carbocycles. The fourth-order valence-corrected chi connectivity index (χ4v) is 1.47.